The summed E-state index contributed by atoms with van der Waals surface area (Å²) in [7, 11) is 0. The van der Waals surface area contributed by atoms with Crippen molar-refractivity contribution in [1.29, 1.82) is 0 Å². The zero-order valence-electron chi connectivity index (χ0n) is 9.55. The summed E-state index contributed by atoms with van der Waals surface area (Å²) in [6.07, 6.45) is 10.4. The molecule has 0 bridgehead atoms. The van der Waals surface area contributed by atoms with Gasteiger partial charge in [0.2, 0.25) is 0 Å². The van der Waals surface area contributed by atoms with Crippen LogP contribution in [0.5, 0.6) is 0 Å². The zero-order chi connectivity index (χ0) is 10.3. The van der Waals surface area contributed by atoms with Gasteiger partial charge in [-0.05, 0) is 56.4 Å². The van der Waals surface area contributed by atoms with Crippen LogP contribution >= 0.6 is 15.9 Å². The molecule has 3 aliphatic rings. The van der Waals surface area contributed by atoms with Crippen LogP contribution in [-0.4, -0.2) is 29.4 Å². The second-order valence-electron chi connectivity index (χ2n) is 6.00. The van der Waals surface area contributed by atoms with Gasteiger partial charge >= 0.3 is 0 Å². The van der Waals surface area contributed by atoms with E-state index in [1.54, 1.807) is 0 Å². The van der Waals surface area contributed by atoms with Crippen molar-refractivity contribution in [2.45, 2.75) is 51.0 Å². The lowest BCUT2D eigenvalue weighted by Crippen LogP contribution is -2.45. The molecule has 0 radical (unpaired) electrons. The standard InChI is InChI=1S/C13H22BrN/c14-9-13(6-7-13)10-15-8-2-4-11-3-1-5-12(11)15/h11-12H,1-10H2. The number of likely N-dealkylation sites (tertiary alicyclic amines) is 1. The van der Waals surface area contributed by atoms with Gasteiger partial charge in [-0.3, -0.25) is 4.90 Å². The van der Waals surface area contributed by atoms with Crippen molar-refractivity contribution in [2.24, 2.45) is 11.3 Å². The summed E-state index contributed by atoms with van der Waals surface area (Å²) < 4.78 is 0. The van der Waals surface area contributed by atoms with Gasteiger partial charge < -0.3 is 0 Å². The van der Waals surface area contributed by atoms with Gasteiger partial charge in [0, 0.05) is 17.9 Å². The molecule has 0 aromatic heterocycles. The smallest absolute Gasteiger partial charge is 0.0124 e. The van der Waals surface area contributed by atoms with Crippen LogP contribution < -0.4 is 0 Å². The molecule has 3 fully saturated rings. The SMILES string of the molecule is BrCC1(CN2CCCC3CCCC32)CC1. The van der Waals surface area contributed by atoms with Gasteiger partial charge in [0.1, 0.15) is 0 Å². The molecule has 2 aliphatic carbocycles. The van der Waals surface area contributed by atoms with Crippen LogP contribution in [0, 0.1) is 11.3 Å². The molecule has 3 rings (SSSR count). The molecular formula is C13H22BrN. The first-order chi connectivity index (χ1) is 7.33. The van der Waals surface area contributed by atoms with E-state index >= 15 is 0 Å². The molecule has 0 amide bonds. The number of alkyl halides is 1. The molecule has 1 heterocycles. The van der Waals surface area contributed by atoms with Crippen LogP contribution in [0.1, 0.15) is 44.9 Å². The predicted molar refractivity (Wildman–Crippen MR) is 67.4 cm³/mol. The van der Waals surface area contributed by atoms with Crippen LogP contribution in [0.2, 0.25) is 0 Å². The molecule has 2 unspecified atom stereocenters. The number of rotatable bonds is 3. The molecule has 0 N–H and O–H groups in total. The third kappa shape index (κ3) is 2.00. The van der Waals surface area contributed by atoms with Crippen molar-refractivity contribution in [2.75, 3.05) is 18.4 Å². The van der Waals surface area contributed by atoms with Gasteiger partial charge in [-0.15, -0.1) is 0 Å². The lowest BCUT2D eigenvalue weighted by Gasteiger charge is -2.39. The highest BCUT2D eigenvalue weighted by Gasteiger charge is 2.45. The lowest BCUT2D eigenvalue weighted by molar-refractivity contribution is 0.0938. The highest BCUT2D eigenvalue weighted by atomic mass is 79.9. The summed E-state index contributed by atoms with van der Waals surface area (Å²) in [6, 6.07) is 0.968. The summed E-state index contributed by atoms with van der Waals surface area (Å²) in [5.41, 5.74) is 0.685. The van der Waals surface area contributed by atoms with E-state index in [1.165, 1.54) is 63.4 Å². The molecule has 1 nitrogen and oxygen atoms in total. The highest BCUT2D eigenvalue weighted by molar-refractivity contribution is 9.09. The van der Waals surface area contributed by atoms with Gasteiger partial charge in [0.25, 0.3) is 0 Å². The van der Waals surface area contributed by atoms with Crippen LogP contribution in [0.15, 0.2) is 0 Å². The third-order valence-corrected chi connectivity index (χ3v) is 6.08. The predicted octanol–water partition coefficient (Wildman–Crippen LogP) is 3.43. The molecule has 2 saturated carbocycles. The van der Waals surface area contributed by atoms with E-state index in [9.17, 15) is 0 Å². The third-order valence-electron chi connectivity index (χ3n) is 4.89. The minimum Gasteiger partial charge on any atom is -0.300 e. The van der Waals surface area contributed by atoms with Crippen molar-refractivity contribution in [1.82, 2.24) is 4.90 Å². The largest absolute Gasteiger partial charge is 0.300 e. The molecule has 15 heavy (non-hydrogen) atoms. The maximum atomic E-state index is 3.71. The van der Waals surface area contributed by atoms with Crippen LogP contribution in [0.3, 0.4) is 0 Å². The molecule has 1 saturated heterocycles. The Balaban J connectivity index is 1.64. The van der Waals surface area contributed by atoms with Gasteiger partial charge in [-0.25, -0.2) is 0 Å². The molecule has 0 spiro atoms. The first-order valence-electron chi connectivity index (χ1n) is 6.63. The fourth-order valence-electron chi connectivity index (χ4n) is 3.70. The Bertz CT molecular complexity index is 237. The summed E-state index contributed by atoms with van der Waals surface area (Å²) in [5.74, 6) is 1.06. The Hall–Kier alpha value is 0.440. The second-order valence-corrected chi connectivity index (χ2v) is 6.57. The zero-order valence-corrected chi connectivity index (χ0v) is 11.1. The average molecular weight is 272 g/mol. The Morgan fingerprint density at radius 3 is 2.67 bits per heavy atom. The molecular weight excluding hydrogens is 250 g/mol. The van der Waals surface area contributed by atoms with Gasteiger partial charge in [0.15, 0.2) is 0 Å². The molecule has 2 heteroatoms. The van der Waals surface area contributed by atoms with E-state index < -0.39 is 0 Å². The van der Waals surface area contributed by atoms with E-state index in [0.717, 1.165) is 12.0 Å². The van der Waals surface area contributed by atoms with E-state index in [4.69, 9.17) is 0 Å². The summed E-state index contributed by atoms with van der Waals surface area (Å²) in [4.78, 5) is 2.84. The Morgan fingerprint density at radius 2 is 1.93 bits per heavy atom. The van der Waals surface area contributed by atoms with Crippen molar-refractivity contribution in [3.63, 3.8) is 0 Å². The maximum absolute atomic E-state index is 3.71. The number of hydrogen-bond donors (Lipinski definition) is 0. The second kappa shape index (κ2) is 4.03. The molecule has 1 aliphatic heterocycles. The maximum Gasteiger partial charge on any atom is 0.0124 e. The van der Waals surface area contributed by atoms with E-state index in [2.05, 4.69) is 20.8 Å². The minimum atomic E-state index is 0.685. The summed E-state index contributed by atoms with van der Waals surface area (Å²) in [5, 5.41) is 1.23. The highest BCUT2D eigenvalue weighted by Crippen LogP contribution is 2.49. The first kappa shape index (κ1) is 10.6. The topological polar surface area (TPSA) is 3.24 Å². The quantitative estimate of drug-likeness (QED) is 0.711. The Morgan fingerprint density at radius 1 is 1.13 bits per heavy atom. The first-order valence-corrected chi connectivity index (χ1v) is 7.75. The normalized spacial score (nSPS) is 39.0. The summed E-state index contributed by atoms with van der Waals surface area (Å²) >= 11 is 3.71. The molecule has 86 valence electrons. The van der Waals surface area contributed by atoms with E-state index in [1.807, 2.05) is 0 Å². The van der Waals surface area contributed by atoms with Gasteiger partial charge in [-0.1, -0.05) is 22.4 Å². The van der Waals surface area contributed by atoms with E-state index in [0.29, 0.717) is 5.41 Å². The van der Waals surface area contributed by atoms with Crippen molar-refractivity contribution >= 4 is 15.9 Å². The van der Waals surface area contributed by atoms with Crippen molar-refractivity contribution < 1.29 is 0 Å². The van der Waals surface area contributed by atoms with Gasteiger partial charge in [-0.2, -0.15) is 0 Å². The van der Waals surface area contributed by atoms with Gasteiger partial charge in [0.05, 0.1) is 0 Å². The molecule has 0 aromatic carbocycles. The van der Waals surface area contributed by atoms with Crippen LogP contribution in [0.4, 0.5) is 0 Å². The fourth-order valence-corrected chi connectivity index (χ4v) is 4.43. The number of piperidine rings is 1. The average Bonchev–Trinajstić information content (AvgIpc) is 2.87. The molecule has 0 aromatic rings. The van der Waals surface area contributed by atoms with Crippen LogP contribution in [0.25, 0.3) is 0 Å². The lowest BCUT2D eigenvalue weighted by atomic mass is 9.91. The number of fused-ring (bicyclic) bond motifs is 1. The van der Waals surface area contributed by atoms with Crippen molar-refractivity contribution in [3.8, 4) is 0 Å². The monoisotopic (exact) mass is 271 g/mol. The fraction of sp³-hybridized carbons (Fsp3) is 1.00. The number of halogens is 1. The summed E-state index contributed by atoms with van der Waals surface area (Å²) in [6.45, 7) is 2.77. The number of hydrogen-bond acceptors (Lipinski definition) is 1. The van der Waals surface area contributed by atoms with E-state index in [-0.39, 0.29) is 0 Å². The molecule has 2 atom stereocenters. The minimum absolute atomic E-state index is 0.685. The number of nitrogens with zero attached hydrogens (tertiary/aromatic N) is 1. The Labute approximate surface area is 102 Å². The Kier molecular flexibility index (Phi) is 2.84. The van der Waals surface area contributed by atoms with Crippen molar-refractivity contribution in [3.05, 3.63) is 0 Å². The van der Waals surface area contributed by atoms with Crippen LogP contribution in [-0.2, 0) is 0 Å².